The number of nitrogen functional groups attached to an aromatic ring is 1. The molecule has 1 amide bonds. The molecule has 1 rings (SSSR count). The van der Waals surface area contributed by atoms with Gasteiger partial charge in [-0.2, -0.15) is 0 Å². The van der Waals surface area contributed by atoms with Gasteiger partial charge >= 0.3 is 0 Å². The lowest BCUT2D eigenvalue weighted by atomic mass is 10.1. The average Bonchev–Trinajstić information content (AvgIpc) is 2.25. The fourth-order valence-corrected chi connectivity index (χ4v) is 1.46. The van der Waals surface area contributed by atoms with Gasteiger partial charge in [-0.15, -0.1) is 0 Å². The van der Waals surface area contributed by atoms with Gasteiger partial charge in [0.25, 0.3) is 5.91 Å². The smallest absolute Gasteiger partial charge is 0.253 e. The zero-order chi connectivity index (χ0) is 12.1. The van der Waals surface area contributed by atoms with Gasteiger partial charge in [0.1, 0.15) is 0 Å². The van der Waals surface area contributed by atoms with Crippen molar-refractivity contribution in [2.75, 3.05) is 12.3 Å². The van der Waals surface area contributed by atoms with E-state index in [2.05, 4.69) is 5.32 Å². The minimum absolute atomic E-state index is 0.0876. The fourth-order valence-electron chi connectivity index (χ4n) is 1.28. The van der Waals surface area contributed by atoms with E-state index in [-0.39, 0.29) is 18.6 Å². The summed E-state index contributed by atoms with van der Waals surface area (Å²) in [5, 5.41) is 12.1. The van der Waals surface area contributed by atoms with E-state index in [0.717, 1.165) is 0 Å². The number of aliphatic hydroxyl groups is 1. The predicted molar refractivity (Wildman–Crippen MR) is 64.5 cm³/mol. The summed E-state index contributed by atoms with van der Waals surface area (Å²) in [5.41, 5.74) is 6.38. The Morgan fingerprint density at radius 3 is 2.81 bits per heavy atom. The fraction of sp³-hybridized carbons (Fsp3) is 0.364. The van der Waals surface area contributed by atoms with Crippen LogP contribution in [-0.4, -0.2) is 23.7 Å². The van der Waals surface area contributed by atoms with E-state index in [0.29, 0.717) is 22.7 Å². The Hall–Kier alpha value is -1.26. The van der Waals surface area contributed by atoms with Gasteiger partial charge in [-0.05, 0) is 24.6 Å². The normalized spacial score (nSPS) is 12.2. The lowest BCUT2D eigenvalue weighted by Crippen LogP contribution is -2.37. The van der Waals surface area contributed by atoms with Crippen molar-refractivity contribution in [1.82, 2.24) is 5.32 Å². The van der Waals surface area contributed by atoms with Crippen molar-refractivity contribution in [2.24, 2.45) is 0 Å². The molecular weight excluding hydrogens is 228 g/mol. The Morgan fingerprint density at radius 2 is 2.31 bits per heavy atom. The van der Waals surface area contributed by atoms with Crippen LogP contribution in [0.25, 0.3) is 0 Å². The van der Waals surface area contributed by atoms with Crippen LogP contribution in [0.4, 0.5) is 5.69 Å². The highest BCUT2D eigenvalue weighted by molar-refractivity contribution is 6.31. The average molecular weight is 243 g/mol. The van der Waals surface area contributed by atoms with Crippen LogP contribution >= 0.6 is 11.6 Å². The van der Waals surface area contributed by atoms with Crippen LogP contribution in [0.2, 0.25) is 5.02 Å². The third kappa shape index (κ3) is 3.12. The van der Waals surface area contributed by atoms with Crippen LogP contribution in [-0.2, 0) is 0 Å². The van der Waals surface area contributed by atoms with Crippen LogP contribution in [0.1, 0.15) is 23.7 Å². The third-order valence-corrected chi connectivity index (χ3v) is 2.54. The summed E-state index contributed by atoms with van der Waals surface area (Å²) in [4.78, 5) is 11.8. The molecule has 0 saturated heterocycles. The minimum Gasteiger partial charge on any atom is -0.398 e. The summed E-state index contributed by atoms with van der Waals surface area (Å²) in [6.07, 6.45) is 0.662. The number of hydrogen-bond donors (Lipinski definition) is 3. The second-order valence-electron chi connectivity index (χ2n) is 3.49. The molecule has 1 aromatic carbocycles. The SMILES string of the molecule is CC[C@H](CO)NC(=O)c1ccc(Cl)cc1N. The Kier molecular flexibility index (Phi) is 4.58. The molecule has 4 nitrogen and oxygen atoms in total. The summed E-state index contributed by atoms with van der Waals surface area (Å²) in [5.74, 6) is -0.296. The summed E-state index contributed by atoms with van der Waals surface area (Å²) in [6.45, 7) is 1.79. The highest BCUT2D eigenvalue weighted by Gasteiger charge is 2.13. The molecule has 0 fully saturated rings. The summed E-state index contributed by atoms with van der Waals surface area (Å²) in [6, 6.07) is 4.45. The number of carbonyl (C=O) groups is 1. The maximum Gasteiger partial charge on any atom is 0.253 e. The van der Waals surface area contributed by atoms with Gasteiger partial charge in [0, 0.05) is 10.7 Å². The van der Waals surface area contributed by atoms with Gasteiger partial charge < -0.3 is 16.2 Å². The quantitative estimate of drug-likeness (QED) is 0.699. The van der Waals surface area contributed by atoms with E-state index < -0.39 is 0 Å². The van der Waals surface area contributed by atoms with E-state index in [1.165, 1.54) is 6.07 Å². The number of amides is 1. The van der Waals surface area contributed by atoms with Crippen molar-refractivity contribution in [3.63, 3.8) is 0 Å². The van der Waals surface area contributed by atoms with Crippen molar-refractivity contribution < 1.29 is 9.90 Å². The van der Waals surface area contributed by atoms with Crippen LogP contribution in [0.15, 0.2) is 18.2 Å². The maximum absolute atomic E-state index is 11.8. The van der Waals surface area contributed by atoms with Crippen molar-refractivity contribution in [1.29, 1.82) is 0 Å². The first-order valence-corrected chi connectivity index (χ1v) is 5.43. The minimum atomic E-state index is -0.296. The van der Waals surface area contributed by atoms with E-state index in [1.807, 2.05) is 6.92 Å². The van der Waals surface area contributed by atoms with Crippen molar-refractivity contribution in [3.05, 3.63) is 28.8 Å². The van der Waals surface area contributed by atoms with Gasteiger partial charge in [-0.25, -0.2) is 0 Å². The molecule has 0 aliphatic heterocycles. The topological polar surface area (TPSA) is 75.3 Å². The van der Waals surface area contributed by atoms with E-state index >= 15 is 0 Å². The van der Waals surface area contributed by atoms with Gasteiger partial charge in [0.05, 0.1) is 18.2 Å². The Bertz CT molecular complexity index is 378. The van der Waals surface area contributed by atoms with Crippen LogP contribution in [0.3, 0.4) is 0 Å². The molecule has 1 aromatic rings. The number of nitrogens with one attached hydrogen (secondary N) is 1. The number of halogens is 1. The van der Waals surface area contributed by atoms with Gasteiger partial charge in [-0.3, -0.25) is 4.79 Å². The number of anilines is 1. The Morgan fingerprint density at radius 1 is 1.62 bits per heavy atom. The predicted octanol–water partition coefficient (Wildman–Crippen LogP) is 1.42. The van der Waals surface area contributed by atoms with Gasteiger partial charge in [0.15, 0.2) is 0 Å². The van der Waals surface area contributed by atoms with Crippen molar-refractivity contribution in [2.45, 2.75) is 19.4 Å². The molecule has 16 heavy (non-hydrogen) atoms. The summed E-state index contributed by atoms with van der Waals surface area (Å²) in [7, 11) is 0. The van der Waals surface area contributed by atoms with E-state index in [1.54, 1.807) is 12.1 Å². The number of hydrogen-bond acceptors (Lipinski definition) is 3. The van der Waals surface area contributed by atoms with E-state index in [4.69, 9.17) is 22.4 Å². The Labute approximate surface area is 99.4 Å². The number of benzene rings is 1. The molecule has 88 valence electrons. The first kappa shape index (κ1) is 12.8. The molecule has 0 saturated carbocycles. The molecule has 1 atom stereocenters. The van der Waals surface area contributed by atoms with Crippen molar-refractivity contribution in [3.8, 4) is 0 Å². The molecular formula is C11H15ClN2O2. The summed E-state index contributed by atoms with van der Waals surface area (Å²) < 4.78 is 0. The number of carbonyl (C=O) groups excluding carboxylic acids is 1. The number of rotatable bonds is 4. The van der Waals surface area contributed by atoms with Gasteiger partial charge in [0.2, 0.25) is 0 Å². The monoisotopic (exact) mass is 242 g/mol. The first-order valence-electron chi connectivity index (χ1n) is 5.05. The standard InChI is InChI=1S/C11H15ClN2O2/c1-2-8(6-15)14-11(16)9-4-3-7(12)5-10(9)13/h3-5,8,15H,2,6,13H2,1H3,(H,14,16)/t8-/m1/s1. The third-order valence-electron chi connectivity index (χ3n) is 2.31. The van der Waals surface area contributed by atoms with Crippen molar-refractivity contribution >= 4 is 23.2 Å². The van der Waals surface area contributed by atoms with Gasteiger partial charge in [-0.1, -0.05) is 18.5 Å². The zero-order valence-electron chi connectivity index (χ0n) is 9.03. The second kappa shape index (κ2) is 5.72. The molecule has 0 spiro atoms. The largest absolute Gasteiger partial charge is 0.398 e. The van der Waals surface area contributed by atoms with Crippen LogP contribution < -0.4 is 11.1 Å². The lowest BCUT2D eigenvalue weighted by Gasteiger charge is -2.14. The molecule has 0 radical (unpaired) electrons. The number of nitrogens with two attached hydrogens (primary N) is 1. The molecule has 0 aliphatic carbocycles. The molecule has 0 unspecified atom stereocenters. The summed E-state index contributed by atoms with van der Waals surface area (Å²) >= 11 is 5.73. The highest BCUT2D eigenvalue weighted by atomic mass is 35.5. The molecule has 0 aliphatic rings. The maximum atomic E-state index is 11.8. The molecule has 0 bridgehead atoms. The van der Waals surface area contributed by atoms with Crippen LogP contribution in [0.5, 0.6) is 0 Å². The second-order valence-corrected chi connectivity index (χ2v) is 3.93. The first-order chi connectivity index (χ1) is 7.58. The van der Waals surface area contributed by atoms with E-state index in [9.17, 15) is 4.79 Å². The molecule has 5 heteroatoms. The zero-order valence-corrected chi connectivity index (χ0v) is 9.79. The van der Waals surface area contributed by atoms with Crippen LogP contribution in [0, 0.1) is 0 Å². The molecule has 0 heterocycles. The molecule has 0 aromatic heterocycles. The highest BCUT2D eigenvalue weighted by Crippen LogP contribution is 2.17. The molecule has 4 N–H and O–H groups in total. The lowest BCUT2D eigenvalue weighted by molar-refractivity contribution is 0.0916. The Balaban J connectivity index is 2.80. The number of aliphatic hydroxyl groups excluding tert-OH is 1.